The minimum atomic E-state index is 0.0154. The maximum Gasteiger partial charge on any atom is 0.224 e. The van der Waals surface area contributed by atoms with Gasteiger partial charge in [-0.2, -0.15) is 0 Å². The molecular weight excluding hydrogens is 250 g/mol. The maximum atomic E-state index is 12.1. The van der Waals surface area contributed by atoms with E-state index in [1.807, 2.05) is 37.3 Å². The summed E-state index contributed by atoms with van der Waals surface area (Å²) >= 11 is 0. The number of carbonyl (C=O) groups excluding carboxylic acids is 1. The molecule has 1 unspecified atom stereocenters. The second kappa shape index (κ2) is 7.06. The molecule has 2 N–H and O–H groups in total. The van der Waals surface area contributed by atoms with Gasteiger partial charge in [0.2, 0.25) is 5.91 Å². The molecule has 0 bridgehead atoms. The van der Waals surface area contributed by atoms with E-state index in [9.17, 15) is 4.79 Å². The Balaban J connectivity index is 2.10. The van der Waals surface area contributed by atoms with Crippen LogP contribution in [0.1, 0.15) is 25.3 Å². The fourth-order valence-corrected chi connectivity index (χ4v) is 2.43. The first kappa shape index (κ1) is 14.5. The minimum absolute atomic E-state index is 0.0154. The zero-order chi connectivity index (χ0) is 14.4. The molecule has 0 heterocycles. The average molecular weight is 271 g/mol. The van der Waals surface area contributed by atoms with E-state index >= 15 is 0 Å². The summed E-state index contributed by atoms with van der Waals surface area (Å²) in [6.45, 7) is 2.12. The smallest absolute Gasteiger partial charge is 0.224 e. The fraction of sp³-hybridized carbons (Fsp3) is 0.353. The van der Waals surface area contributed by atoms with Crippen LogP contribution in [-0.2, 0) is 11.2 Å². The second-order valence-electron chi connectivity index (χ2n) is 5.00. The minimum Gasteiger partial charge on any atom is -0.396 e. The molecule has 0 saturated carbocycles. The molecule has 3 nitrogen and oxygen atoms in total. The Labute approximate surface area is 119 Å². The number of hydrogen-bond donors (Lipinski definition) is 2. The number of nitrogens with one attached hydrogen (secondary N) is 1. The van der Waals surface area contributed by atoms with Crippen LogP contribution in [0.5, 0.6) is 0 Å². The number of rotatable bonds is 6. The van der Waals surface area contributed by atoms with E-state index in [-0.39, 0.29) is 18.6 Å². The van der Waals surface area contributed by atoms with Crippen molar-refractivity contribution >= 4 is 16.7 Å². The van der Waals surface area contributed by atoms with Crippen molar-refractivity contribution in [1.29, 1.82) is 0 Å². The van der Waals surface area contributed by atoms with Crippen LogP contribution in [-0.4, -0.2) is 23.7 Å². The molecule has 0 fully saturated rings. The molecule has 0 aromatic heterocycles. The molecule has 1 atom stereocenters. The van der Waals surface area contributed by atoms with E-state index in [2.05, 4.69) is 17.4 Å². The number of benzene rings is 2. The van der Waals surface area contributed by atoms with Gasteiger partial charge in [-0.15, -0.1) is 0 Å². The van der Waals surface area contributed by atoms with Crippen molar-refractivity contribution in [2.75, 3.05) is 6.61 Å². The zero-order valence-corrected chi connectivity index (χ0v) is 11.8. The van der Waals surface area contributed by atoms with Gasteiger partial charge in [-0.05, 0) is 29.2 Å². The van der Waals surface area contributed by atoms with Gasteiger partial charge in [0.15, 0.2) is 0 Å². The molecule has 106 valence electrons. The highest BCUT2D eigenvalue weighted by molar-refractivity contribution is 5.90. The van der Waals surface area contributed by atoms with Gasteiger partial charge in [0.05, 0.1) is 6.42 Å². The lowest BCUT2D eigenvalue weighted by atomic mass is 10.0. The van der Waals surface area contributed by atoms with Crippen LogP contribution in [0, 0.1) is 0 Å². The van der Waals surface area contributed by atoms with Gasteiger partial charge in [-0.1, -0.05) is 49.4 Å². The number of aliphatic hydroxyl groups is 1. The highest BCUT2D eigenvalue weighted by Gasteiger charge is 2.11. The van der Waals surface area contributed by atoms with E-state index < -0.39 is 0 Å². The molecule has 3 heteroatoms. The van der Waals surface area contributed by atoms with Crippen LogP contribution >= 0.6 is 0 Å². The van der Waals surface area contributed by atoms with Crippen LogP contribution < -0.4 is 5.32 Å². The maximum absolute atomic E-state index is 12.1. The van der Waals surface area contributed by atoms with Crippen LogP contribution in [0.3, 0.4) is 0 Å². The number of hydrogen-bond acceptors (Lipinski definition) is 2. The Morgan fingerprint density at radius 3 is 2.70 bits per heavy atom. The summed E-state index contributed by atoms with van der Waals surface area (Å²) in [5, 5.41) is 14.2. The summed E-state index contributed by atoms with van der Waals surface area (Å²) in [7, 11) is 0. The Morgan fingerprint density at radius 2 is 1.95 bits per heavy atom. The summed E-state index contributed by atoms with van der Waals surface area (Å²) < 4.78 is 0. The van der Waals surface area contributed by atoms with E-state index in [1.165, 1.54) is 0 Å². The van der Waals surface area contributed by atoms with Crippen LogP contribution in [0.15, 0.2) is 42.5 Å². The lowest BCUT2D eigenvalue weighted by Crippen LogP contribution is -2.36. The van der Waals surface area contributed by atoms with Crippen molar-refractivity contribution in [3.8, 4) is 0 Å². The molecule has 2 aromatic carbocycles. The Bertz CT molecular complexity index is 575. The SMILES string of the molecule is CCC(CCO)NC(=O)Cc1cccc2ccccc12. The van der Waals surface area contributed by atoms with E-state index in [4.69, 9.17) is 5.11 Å². The number of carbonyl (C=O) groups is 1. The third-order valence-corrected chi connectivity index (χ3v) is 3.57. The van der Waals surface area contributed by atoms with Crippen molar-refractivity contribution in [2.45, 2.75) is 32.2 Å². The molecule has 20 heavy (non-hydrogen) atoms. The van der Waals surface area contributed by atoms with Crippen LogP contribution in [0.4, 0.5) is 0 Å². The van der Waals surface area contributed by atoms with Crippen molar-refractivity contribution in [2.24, 2.45) is 0 Å². The summed E-state index contributed by atoms with van der Waals surface area (Å²) in [4.78, 5) is 12.1. The summed E-state index contributed by atoms with van der Waals surface area (Å²) in [5.41, 5.74) is 1.04. The molecule has 0 radical (unpaired) electrons. The normalized spacial score (nSPS) is 12.3. The predicted molar refractivity (Wildman–Crippen MR) is 81.6 cm³/mol. The lowest BCUT2D eigenvalue weighted by molar-refractivity contribution is -0.121. The highest BCUT2D eigenvalue weighted by Crippen LogP contribution is 2.18. The first-order chi connectivity index (χ1) is 9.74. The summed E-state index contributed by atoms with van der Waals surface area (Å²) in [5.74, 6) is 0.0154. The lowest BCUT2D eigenvalue weighted by Gasteiger charge is -2.16. The monoisotopic (exact) mass is 271 g/mol. The van der Waals surface area contributed by atoms with Crippen LogP contribution in [0.25, 0.3) is 10.8 Å². The fourth-order valence-electron chi connectivity index (χ4n) is 2.43. The third-order valence-electron chi connectivity index (χ3n) is 3.57. The van der Waals surface area contributed by atoms with Gasteiger partial charge in [0.1, 0.15) is 0 Å². The molecule has 2 rings (SSSR count). The van der Waals surface area contributed by atoms with Crippen molar-refractivity contribution in [3.05, 3.63) is 48.0 Å². The Hall–Kier alpha value is -1.87. The zero-order valence-electron chi connectivity index (χ0n) is 11.8. The Morgan fingerprint density at radius 1 is 1.20 bits per heavy atom. The first-order valence-corrected chi connectivity index (χ1v) is 7.11. The highest BCUT2D eigenvalue weighted by atomic mass is 16.3. The van der Waals surface area contributed by atoms with E-state index in [1.54, 1.807) is 0 Å². The molecule has 2 aromatic rings. The van der Waals surface area contributed by atoms with E-state index in [0.29, 0.717) is 12.8 Å². The number of aliphatic hydroxyl groups excluding tert-OH is 1. The van der Waals surface area contributed by atoms with Gasteiger partial charge in [0.25, 0.3) is 0 Å². The molecule has 0 aliphatic carbocycles. The van der Waals surface area contributed by atoms with Crippen LogP contribution in [0.2, 0.25) is 0 Å². The van der Waals surface area contributed by atoms with Gasteiger partial charge in [-0.25, -0.2) is 0 Å². The summed E-state index contributed by atoms with van der Waals surface area (Å²) in [6, 6.07) is 14.2. The predicted octanol–water partition coefficient (Wildman–Crippen LogP) is 2.66. The molecular formula is C17H21NO2. The van der Waals surface area contributed by atoms with Gasteiger partial charge >= 0.3 is 0 Å². The largest absolute Gasteiger partial charge is 0.396 e. The van der Waals surface area contributed by atoms with Gasteiger partial charge in [-0.3, -0.25) is 4.79 Å². The number of amides is 1. The Kier molecular flexibility index (Phi) is 5.13. The van der Waals surface area contributed by atoms with Gasteiger partial charge in [0, 0.05) is 12.6 Å². The second-order valence-corrected chi connectivity index (χ2v) is 5.00. The quantitative estimate of drug-likeness (QED) is 0.848. The molecule has 0 saturated heterocycles. The standard InChI is InChI=1S/C17H21NO2/c1-2-15(10-11-19)18-17(20)12-14-8-5-7-13-6-3-4-9-16(13)14/h3-9,15,19H,2,10-12H2,1H3,(H,18,20). The number of fused-ring (bicyclic) bond motifs is 1. The molecule has 1 amide bonds. The third kappa shape index (κ3) is 3.58. The topological polar surface area (TPSA) is 49.3 Å². The van der Waals surface area contributed by atoms with Crippen molar-refractivity contribution in [3.63, 3.8) is 0 Å². The average Bonchev–Trinajstić information content (AvgIpc) is 2.47. The van der Waals surface area contributed by atoms with Gasteiger partial charge < -0.3 is 10.4 Å². The van der Waals surface area contributed by atoms with Crippen molar-refractivity contribution in [1.82, 2.24) is 5.32 Å². The van der Waals surface area contributed by atoms with E-state index in [0.717, 1.165) is 22.8 Å². The van der Waals surface area contributed by atoms with Crippen molar-refractivity contribution < 1.29 is 9.90 Å². The molecule has 0 spiro atoms. The molecule has 0 aliphatic rings. The molecule has 0 aliphatic heterocycles. The first-order valence-electron chi connectivity index (χ1n) is 7.11. The summed E-state index contributed by atoms with van der Waals surface area (Å²) in [6.07, 6.45) is 1.82.